The first-order chi connectivity index (χ1) is 15.2. The third-order valence-electron chi connectivity index (χ3n) is 5.86. The van der Waals surface area contributed by atoms with E-state index in [0.29, 0.717) is 27.0 Å². The van der Waals surface area contributed by atoms with Crippen molar-refractivity contribution in [1.82, 2.24) is 14.5 Å². The lowest BCUT2D eigenvalue weighted by atomic mass is 10.1. The number of thiazole rings is 1. The minimum absolute atomic E-state index is 0.0182. The van der Waals surface area contributed by atoms with Gasteiger partial charge in [0, 0.05) is 26.3 Å². The number of hydrogen-bond acceptors (Lipinski definition) is 5. The average Bonchev–Trinajstić information content (AvgIpc) is 3.34. The summed E-state index contributed by atoms with van der Waals surface area (Å²) < 4.78 is 30.6. The predicted octanol–water partition coefficient (Wildman–Crippen LogP) is 4.50. The second-order valence-corrected chi connectivity index (χ2v) is 11.0. The highest BCUT2D eigenvalue weighted by Gasteiger charge is 2.25. The number of carbonyl (C=O) groups is 1. The summed E-state index contributed by atoms with van der Waals surface area (Å²) >= 11 is 1.32. The number of aromatic nitrogens is 2. The number of piperidine rings is 1. The highest BCUT2D eigenvalue weighted by atomic mass is 32.2. The Morgan fingerprint density at radius 1 is 1.09 bits per heavy atom. The molecule has 2 aromatic heterocycles. The molecule has 1 aliphatic rings. The molecule has 0 atom stereocenters. The van der Waals surface area contributed by atoms with E-state index in [0.717, 1.165) is 43.5 Å². The van der Waals surface area contributed by atoms with Crippen LogP contribution in [-0.2, 0) is 17.1 Å². The van der Waals surface area contributed by atoms with Crippen LogP contribution in [0.25, 0.3) is 10.7 Å². The number of amides is 1. The van der Waals surface area contributed by atoms with Crippen molar-refractivity contribution in [2.45, 2.75) is 44.9 Å². The summed E-state index contributed by atoms with van der Waals surface area (Å²) in [5.74, 6) is 0.0182. The zero-order valence-electron chi connectivity index (χ0n) is 18.8. The number of aryl methyl sites for hydroxylation is 4. The van der Waals surface area contributed by atoms with Gasteiger partial charge in [-0.2, -0.15) is 0 Å². The Labute approximate surface area is 193 Å². The van der Waals surface area contributed by atoms with Crippen LogP contribution in [0.3, 0.4) is 0 Å². The van der Waals surface area contributed by atoms with E-state index in [4.69, 9.17) is 0 Å². The summed E-state index contributed by atoms with van der Waals surface area (Å²) in [5.41, 5.74) is 3.66. The molecular formula is C23H28N4O3S2. The van der Waals surface area contributed by atoms with E-state index in [1.54, 1.807) is 23.9 Å². The van der Waals surface area contributed by atoms with Crippen LogP contribution in [0.1, 0.15) is 45.8 Å². The van der Waals surface area contributed by atoms with Crippen molar-refractivity contribution >= 4 is 33.0 Å². The quantitative estimate of drug-likeness (QED) is 0.593. The molecule has 3 aromatic rings. The van der Waals surface area contributed by atoms with Crippen LogP contribution in [-0.4, -0.2) is 41.9 Å². The summed E-state index contributed by atoms with van der Waals surface area (Å²) in [5, 5.41) is 0.638. The normalized spacial score (nSPS) is 14.6. The molecule has 0 unspecified atom stereocenters. The van der Waals surface area contributed by atoms with Crippen molar-refractivity contribution in [3.05, 3.63) is 52.2 Å². The highest BCUT2D eigenvalue weighted by Crippen LogP contribution is 2.32. The first-order valence-electron chi connectivity index (χ1n) is 10.7. The zero-order valence-corrected chi connectivity index (χ0v) is 20.4. The van der Waals surface area contributed by atoms with Crippen LogP contribution < -0.4 is 4.72 Å². The topological polar surface area (TPSA) is 84.3 Å². The number of benzene rings is 1. The molecule has 7 nitrogen and oxygen atoms in total. The second-order valence-electron chi connectivity index (χ2n) is 8.33. The van der Waals surface area contributed by atoms with Crippen molar-refractivity contribution in [1.29, 1.82) is 0 Å². The number of carbonyl (C=O) groups excluding carboxylic acids is 1. The average molecular weight is 473 g/mol. The van der Waals surface area contributed by atoms with Gasteiger partial charge >= 0.3 is 0 Å². The van der Waals surface area contributed by atoms with Gasteiger partial charge < -0.3 is 9.47 Å². The molecule has 0 spiro atoms. The van der Waals surface area contributed by atoms with Crippen LogP contribution in [0.2, 0.25) is 0 Å². The Morgan fingerprint density at radius 2 is 1.75 bits per heavy atom. The number of nitrogens with zero attached hydrogens (tertiary/aromatic N) is 3. The monoisotopic (exact) mass is 472 g/mol. The van der Waals surface area contributed by atoms with Gasteiger partial charge in [-0.05, 0) is 57.2 Å². The summed E-state index contributed by atoms with van der Waals surface area (Å²) in [6.07, 6.45) is 4.80. The first-order valence-corrected chi connectivity index (χ1v) is 13.0. The fraction of sp³-hybridized carbons (Fsp3) is 0.391. The molecule has 1 N–H and O–H groups in total. The number of rotatable bonds is 5. The van der Waals surface area contributed by atoms with Gasteiger partial charge in [0.2, 0.25) is 0 Å². The Hall–Kier alpha value is -2.65. The number of anilines is 1. The molecule has 3 heterocycles. The molecule has 1 saturated heterocycles. The van der Waals surface area contributed by atoms with Gasteiger partial charge in [-0.3, -0.25) is 9.52 Å². The smallest absolute Gasteiger partial charge is 0.265 e. The Bertz CT molecular complexity index is 1250. The van der Waals surface area contributed by atoms with Gasteiger partial charge in [-0.25, -0.2) is 13.4 Å². The molecule has 1 aromatic carbocycles. The van der Waals surface area contributed by atoms with Crippen molar-refractivity contribution in [3.63, 3.8) is 0 Å². The maximum Gasteiger partial charge on any atom is 0.265 e. The van der Waals surface area contributed by atoms with Gasteiger partial charge in [-0.15, -0.1) is 11.3 Å². The lowest BCUT2D eigenvalue weighted by Gasteiger charge is -2.26. The van der Waals surface area contributed by atoms with E-state index < -0.39 is 10.0 Å². The summed E-state index contributed by atoms with van der Waals surface area (Å²) in [4.78, 5) is 20.2. The minimum atomic E-state index is -3.77. The van der Waals surface area contributed by atoms with Crippen LogP contribution in [0.15, 0.2) is 35.4 Å². The maximum absolute atomic E-state index is 13.1. The standard InChI is InChI=1S/C23H28N4O3S2/c1-15-9-8-10-16(2)20(15)25-32(29,30)18-13-19(26(4)14-18)22-24-17(3)21(31-22)23(28)27-11-6-5-7-12-27/h8-10,13-14,25H,5-7,11-12H2,1-4H3. The highest BCUT2D eigenvalue weighted by molar-refractivity contribution is 7.92. The molecule has 0 aliphatic carbocycles. The van der Waals surface area contributed by atoms with E-state index in [-0.39, 0.29) is 10.8 Å². The van der Waals surface area contributed by atoms with Gasteiger partial charge in [0.15, 0.2) is 0 Å². The van der Waals surface area contributed by atoms with E-state index in [2.05, 4.69) is 9.71 Å². The molecule has 4 rings (SSSR count). The van der Waals surface area contributed by atoms with Crippen molar-refractivity contribution in [3.8, 4) is 10.7 Å². The van der Waals surface area contributed by atoms with Crippen molar-refractivity contribution in [2.24, 2.45) is 7.05 Å². The van der Waals surface area contributed by atoms with E-state index in [1.807, 2.05) is 43.9 Å². The number of hydrogen-bond donors (Lipinski definition) is 1. The third-order valence-corrected chi connectivity index (χ3v) is 8.35. The van der Waals surface area contributed by atoms with E-state index in [1.165, 1.54) is 11.3 Å². The Balaban J connectivity index is 1.63. The fourth-order valence-corrected chi connectivity index (χ4v) is 6.37. The molecule has 9 heteroatoms. The van der Waals surface area contributed by atoms with Crippen LogP contribution in [0, 0.1) is 20.8 Å². The summed E-state index contributed by atoms with van der Waals surface area (Å²) in [6.45, 7) is 7.14. The number of para-hydroxylation sites is 1. The fourth-order valence-electron chi connectivity index (χ4n) is 4.01. The van der Waals surface area contributed by atoms with Gasteiger partial charge in [0.1, 0.15) is 14.8 Å². The number of nitrogens with one attached hydrogen (secondary N) is 1. The van der Waals surface area contributed by atoms with Gasteiger partial charge in [-0.1, -0.05) is 18.2 Å². The van der Waals surface area contributed by atoms with Crippen LogP contribution in [0.5, 0.6) is 0 Å². The summed E-state index contributed by atoms with van der Waals surface area (Å²) in [7, 11) is -1.99. The second kappa shape index (κ2) is 8.71. The molecule has 0 radical (unpaired) electrons. The molecule has 1 amide bonds. The Kier molecular flexibility index (Phi) is 6.13. The number of sulfonamides is 1. The number of likely N-dealkylation sites (tertiary alicyclic amines) is 1. The van der Waals surface area contributed by atoms with E-state index >= 15 is 0 Å². The zero-order chi connectivity index (χ0) is 23.0. The first kappa shape index (κ1) is 22.5. The molecule has 32 heavy (non-hydrogen) atoms. The van der Waals surface area contributed by atoms with Gasteiger partial charge in [0.25, 0.3) is 15.9 Å². The van der Waals surface area contributed by atoms with Gasteiger partial charge in [0.05, 0.1) is 17.1 Å². The van der Waals surface area contributed by atoms with Crippen LogP contribution >= 0.6 is 11.3 Å². The van der Waals surface area contributed by atoms with E-state index in [9.17, 15) is 13.2 Å². The maximum atomic E-state index is 13.1. The third kappa shape index (κ3) is 4.31. The lowest BCUT2D eigenvalue weighted by Crippen LogP contribution is -2.35. The molecular weight excluding hydrogens is 444 g/mol. The molecule has 0 saturated carbocycles. The lowest BCUT2D eigenvalue weighted by molar-refractivity contribution is 0.0728. The molecule has 1 aliphatic heterocycles. The SMILES string of the molecule is Cc1cccc(C)c1NS(=O)(=O)c1cc(-c2nc(C)c(C(=O)N3CCCCC3)s2)n(C)c1. The summed E-state index contributed by atoms with van der Waals surface area (Å²) in [6, 6.07) is 7.26. The predicted molar refractivity (Wildman–Crippen MR) is 128 cm³/mol. The van der Waals surface area contributed by atoms with Crippen molar-refractivity contribution in [2.75, 3.05) is 17.8 Å². The largest absolute Gasteiger partial charge is 0.347 e. The molecule has 0 bridgehead atoms. The van der Waals surface area contributed by atoms with Crippen molar-refractivity contribution < 1.29 is 13.2 Å². The Morgan fingerprint density at radius 3 is 2.41 bits per heavy atom. The molecule has 1 fully saturated rings. The van der Waals surface area contributed by atoms with Crippen LogP contribution in [0.4, 0.5) is 5.69 Å². The molecule has 170 valence electrons. The minimum Gasteiger partial charge on any atom is -0.347 e.